The van der Waals surface area contributed by atoms with Gasteiger partial charge in [-0.1, -0.05) is 28.9 Å². The molecule has 15 heavy (non-hydrogen) atoms. The van der Waals surface area contributed by atoms with Crippen LogP contribution in [0.25, 0.3) is 0 Å². The van der Waals surface area contributed by atoms with Gasteiger partial charge in [0, 0.05) is 16.5 Å². The highest BCUT2D eigenvalue weighted by atomic mass is 79.9. The SMILES string of the molecule is CCC(=O)c1c(Br)cccc1C(F)(F)F. The lowest BCUT2D eigenvalue weighted by Crippen LogP contribution is -2.13. The largest absolute Gasteiger partial charge is 0.417 e. The number of Topliss-reactive ketones (excluding diaryl/α,β-unsaturated/α-hetero) is 1. The predicted octanol–water partition coefficient (Wildman–Crippen LogP) is 4.06. The van der Waals surface area contributed by atoms with E-state index in [2.05, 4.69) is 15.9 Å². The zero-order valence-electron chi connectivity index (χ0n) is 7.86. The van der Waals surface area contributed by atoms with Gasteiger partial charge in [-0.3, -0.25) is 4.79 Å². The molecule has 0 aromatic heterocycles. The van der Waals surface area contributed by atoms with Crippen LogP contribution in [0.2, 0.25) is 0 Å². The maximum atomic E-state index is 12.6. The van der Waals surface area contributed by atoms with Crippen LogP contribution < -0.4 is 0 Å². The number of hydrogen-bond donors (Lipinski definition) is 0. The minimum atomic E-state index is -4.50. The number of rotatable bonds is 2. The topological polar surface area (TPSA) is 17.1 Å². The molecule has 0 aliphatic rings. The van der Waals surface area contributed by atoms with Crippen LogP contribution in [0.15, 0.2) is 22.7 Å². The van der Waals surface area contributed by atoms with Crippen molar-refractivity contribution in [2.24, 2.45) is 0 Å². The summed E-state index contributed by atoms with van der Waals surface area (Å²) in [6.07, 6.45) is -4.45. The molecule has 1 aromatic rings. The van der Waals surface area contributed by atoms with Crippen LogP contribution in [0.4, 0.5) is 13.2 Å². The Kier molecular flexibility index (Phi) is 3.54. The van der Waals surface area contributed by atoms with E-state index in [9.17, 15) is 18.0 Å². The van der Waals surface area contributed by atoms with Gasteiger partial charge < -0.3 is 0 Å². The third-order valence-electron chi connectivity index (χ3n) is 1.92. The van der Waals surface area contributed by atoms with E-state index in [0.717, 1.165) is 6.07 Å². The maximum Gasteiger partial charge on any atom is 0.417 e. The molecule has 0 fully saturated rings. The van der Waals surface area contributed by atoms with E-state index in [-0.39, 0.29) is 16.5 Å². The summed E-state index contributed by atoms with van der Waals surface area (Å²) in [4.78, 5) is 11.4. The van der Waals surface area contributed by atoms with Crippen molar-refractivity contribution in [2.45, 2.75) is 19.5 Å². The Morgan fingerprint density at radius 2 is 2.00 bits per heavy atom. The molecule has 1 rings (SSSR count). The predicted molar refractivity (Wildman–Crippen MR) is 53.8 cm³/mol. The molecule has 0 bridgehead atoms. The highest BCUT2D eigenvalue weighted by Crippen LogP contribution is 2.35. The second kappa shape index (κ2) is 4.35. The van der Waals surface area contributed by atoms with Gasteiger partial charge in [-0.25, -0.2) is 0 Å². The van der Waals surface area contributed by atoms with Crippen LogP contribution in [-0.2, 0) is 6.18 Å². The number of benzene rings is 1. The molecule has 1 nitrogen and oxygen atoms in total. The zero-order valence-corrected chi connectivity index (χ0v) is 9.45. The van der Waals surface area contributed by atoms with Crippen molar-refractivity contribution in [1.82, 2.24) is 0 Å². The monoisotopic (exact) mass is 280 g/mol. The average molecular weight is 281 g/mol. The molecule has 0 spiro atoms. The molecular weight excluding hydrogens is 273 g/mol. The van der Waals surface area contributed by atoms with E-state index in [1.54, 1.807) is 0 Å². The summed E-state index contributed by atoms with van der Waals surface area (Å²) in [7, 11) is 0. The fraction of sp³-hybridized carbons (Fsp3) is 0.300. The molecule has 0 amide bonds. The molecule has 1 aromatic carbocycles. The molecule has 82 valence electrons. The number of halogens is 4. The summed E-state index contributed by atoms with van der Waals surface area (Å²) in [5.41, 5.74) is -1.17. The van der Waals surface area contributed by atoms with E-state index in [1.807, 2.05) is 0 Å². The van der Waals surface area contributed by atoms with E-state index >= 15 is 0 Å². The minimum absolute atomic E-state index is 0.0473. The molecule has 0 saturated carbocycles. The first-order valence-electron chi connectivity index (χ1n) is 4.26. The number of carbonyl (C=O) groups is 1. The van der Waals surface area contributed by atoms with E-state index in [4.69, 9.17) is 0 Å². The van der Waals surface area contributed by atoms with E-state index in [1.165, 1.54) is 19.1 Å². The lowest BCUT2D eigenvalue weighted by atomic mass is 10.0. The van der Waals surface area contributed by atoms with Crippen LogP contribution in [0, 0.1) is 0 Å². The molecule has 0 unspecified atom stereocenters. The van der Waals surface area contributed by atoms with Crippen molar-refractivity contribution in [3.63, 3.8) is 0 Å². The third-order valence-corrected chi connectivity index (χ3v) is 2.58. The van der Waals surface area contributed by atoms with Crippen molar-refractivity contribution in [3.8, 4) is 0 Å². The molecule has 0 N–H and O–H groups in total. The van der Waals surface area contributed by atoms with Crippen LogP contribution >= 0.6 is 15.9 Å². The molecule has 0 aliphatic heterocycles. The number of carbonyl (C=O) groups excluding carboxylic acids is 1. The molecule has 0 radical (unpaired) electrons. The van der Waals surface area contributed by atoms with Crippen molar-refractivity contribution in [1.29, 1.82) is 0 Å². The summed E-state index contributed by atoms with van der Waals surface area (Å²) in [5.74, 6) is -0.519. The molecule has 0 heterocycles. The summed E-state index contributed by atoms with van der Waals surface area (Å²) in [6, 6.07) is 3.60. The molecule has 0 atom stereocenters. The van der Waals surface area contributed by atoms with Gasteiger partial charge in [0.15, 0.2) is 5.78 Å². The van der Waals surface area contributed by atoms with Gasteiger partial charge in [0.2, 0.25) is 0 Å². The fourth-order valence-corrected chi connectivity index (χ4v) is 1.81. The highest BCUT2D eigenvalue weighted by molar-refractivity contribution is 9.10. The van der Waals surface area contributed by atoms with Crippen molar-refractivity contribution >= 4 is 21.7 Å². The van der Waals surface area contributed by atoms with Crippen molar-refractivity contribution in [2.75, 3.05) is 0 Å². The summed E-state index contributed by atoms with van der Waals surface area (Å²) < 4.78 is 37.8. The Morgan fingerprint density at radius 3 is 2.47 bits per heavy atom. The van der Waals surface area contributed by atoms with Gasteiger partial charge in [0.25, 0.3) is 0 Å². The number of alkyl halides is 3. The van der Waals surface area contributed by atoms with Gasteiger partial charge in [-0.2, -0.15) is 13.2 Å². The third kappa shape index (κ3) is 2.59. The van der Waals surface area contributed by atoms with Gasteiger partial charge in [0.05, 0.1) is 5.56 Å². The Bertz CT molecular complexity index is 385. The van der Waals surface area contributed by atoms with Crippen molar-refractivity contribution < 1.29 is 18.0 Å². The Morgan fingerprint density at radius 1 is 1.40 bits per heavy atom. The molecule has 0 aliphatic carbocycles. The molecule has 5 heteroatoms. The first-order chi connectivity index (χ1) is 6.88. The Labute approximate surface area is 93.4 Å². The second-order valence-corrected chi connectivity index (χ2v) is 3.79. The quantitative estimate of drug-likeness (QED) is 0.747. The standard InChI is InChI=1S/C10H8BrF3O/c1-2-8(15)9-6(10(12,13)14)4-3-5-7(9)11/h3-5H,2H2,1H3. The Balaban J connectivity index is 3.40. The van der Waals surface area contributed by atoms with Crippen LogP contribution in [0.5, 0.6) is 0 Å². The average Bonchev–Trinajstić information content (AvgIpc) is 2.15. The Hall–Kier alpha value is -0.840. The number of ketones is 1. The van der Waals surface area contributed by atoms with Crippen LogP contribution in [-0.4, -0.2) is 5.78 Å². The first-order valence-corrected chi connectivity index (χ1v) is 5.06. The van der Waals surface area contributed by atoms with E-state index in [0.29, 0.717) is 0 Å². The van der Waals surface area contributed by atoms with Gasteiger partial charge in [-0.15, -0.1) is 0 Å². The summed E-state index contributed by atoms with van der Waals surface area (Å²) >= 11 is 2.96. The molecule has 0 saturated heterocycles. The molecular formula is C10H8BrF3O. The fourth-order valence-electron chi connectivity index (χ4n) is 1.22. The lowest BCUT2D eigenvalue weighted by Gasteiger charge is -2.12. The first kappa shape index (κ1) is 12.2. The van der Waals surface area contributed by atoms with Gasteiger partial charge >= 0.3 is 6.18 Å². The smallest absolute Gasteiger partial charge is 0.294 e. The van der Waals surface area contributed by atoms with Crippen LogP contribution in [0.1, 0.15) is 29.3 Å². The minimum Gasteiger partial charge on any atom is -0.294 e. The zero-order chi connectivity index (χ0) is 11.6. The lowest BCUT2D eigenvalue weighted by molar-refractivity contribution is -0.138. The highest BCUT2D eigenvalue weighted by Gasteiger charge is 2.35. The second-order valence-electron chi connectivity index (χ2n) is 2.94. The van der Waals surface area contributed by atoms with Crippen LogP contribution in [0.3, 0.4) is 0 Å². The number of hydrogen-bond acceptors (Lipinski definition) is 1. The summed E-state index contributed by atoms with van der Waals surface area (Å²) in [5, 5.41) is 0. The van der Waals surface area contributed by atoms with Gasteiger partial charge in [-0.05, 0) is 12.1 Å². The summed E-state index contributed by atoms with van der Waals surface area (Å²) in [6.45, 7) is 1.53. The normalized spacial score (nSPS) is 11.5. The van der Waals surface area contributed by atoms with Crippen molar-refractivity contribution in [3.05, 3.63) is 33.8 Å². The maximum absolute atomic E-state index is 12.6. The van der Waals surface area contributed by atoms with E-state index < -0.39 is 17.5 Å². The van der Waals surface area contributed by atoms with Gasteiger partial charge in [0.1, 0.15) is 0 Å².